The molecule has 9 heteroatoms. The van der Waals surface area contributed by atoms with Crippen LogP contribution >= 0.6 is 34.8 Å². The number of benzene rings is 2. The molecule has 0 radical (unpaired) electrons. The molecule has 0 fully saturated rings. The van der Waals surface area contributed by atoms with Gasteiger partial charge in [-0.05, 0) is 53.4 Å². The number of nitrogens with zero attached hydrogens (tertiary/aromatic N) is 4. The fraction of sp³-hybridized carbons (Fsp3) is 0.130. The van der Waals surface area contributed by atoms with E-state index in [0.717, 1.165) is 0 Å². The van der Waals surface area contributed by atoms with Crippen molar-refractivity contribution in [3.63, 3.8) is 0 Å². The molecular weight excluding hydrogens is 471 g/mol. The average Bonchev–Trinajstić information content (AvgIpc) is 2.79. The molecule has 0 saturated carbocycles. The van der Waals surface area contributed by atoms with Gasteiger partial charge in [-0.3, -0.25) is 14.8 Å². The van der Waals surface area contributed by atoms with Crippen LogP contribution < -0.4 is 5.11 Å². The standard InChI is InChI=1S/C23H17Cl3N4O2/c1-30(2)23(32)17-9-14(3-4-15(17)11-27)22(31)29-21(20-8-6-16(24)12-28-20)13-5-7-18(25)19(26)10-13/h3-10,12,21H,1-2H3,(H,29,31)/p-1. The summed E-state index contributed by atoms with van der Waals surface area (Å²) in [6, 6.07) is 13.6. The van der Waals surface area contributed by atoms with Gasteiger partial charge in [0.1, 0.15) is 6.04 Å². The van der Waals surface area contributed by atoms with E-state index in [0.29, 0.717) is 26.3 Å². The van der Waals surface area contributed by atoms with E-state index in [1.165, 1.54) is 29.3 Å². The second kappa shape index (κ2) is 10.0. The predicted molar refractivity (Wildman–Crippen MR) is 123 cm³/mol. The van der Waals surface area contributed by atoms with Crippen LogP contribution in [0.5, 0.6) is 0 Å². The van der Waals surface area contributed by atoms with Crippen molar-refractivity contribution >= 4 is 46.6 Å². The number of aliphatic imine (C=N–C) groups is 1. The number of amides is 1. The molecule has 1 amide bonds. The second-order valence-electron chi connectivity index (χ2n) is 6.98. The maximum absolute atomic E-state index is 13.1. The van der Waals surface area contributed by atoms with Gasteiger partial charge in [-0.2, -0.15) is 5.26 Å². The predicted octanol–water partition coefficient (Wildman–Crippen LogP) is 4.51. The van der Waals surface area contributed by atoms with Crippen molar-refractivity contribution in [3.05, 3.63) is 97.7 Å². The minimum Gasteiger partial charge on any atom is -0.858 e. The third-order valence-electron chi connectivity index (χ3n) is 4.56. The van der Waals surface area contributed by atoms with Crippen molar-refractivity contribution in [1.29, 1.82) is 5.26 Å². The van der Waals surface area contributed by atoms with Crippen LogP contribution in [-0.2, 0) is 0 Å². The van der Waals surface area contributed by atoms with Crippen LogP contribution in [0.2, 0.25) is 15.1 Å². The third kappa shape index (κ3) is 5.20. The molecule has 3 rings (SSSR count). The van der Waals surface area contributed by atoms with Crippen molar-refractivity contribution in [2.75, 3.05) is 14.1 Å². The first-order valence-corrected chi connectivity index (χ1v) is 10.4. The van der Waals surface area contributed by atoms with Gasteiger partial charge in [0.05, 0.1) is 38.0 Å². The Kier molecular flexibility index (Phi) is 7.37. The summed E-state index contributed by atoms with van der Waals surface area (Å²) in [6.07, 6.45) is 1.46. The van der Waals surface area contributed by atoms with E-state index < -0.39 is 17.8 Å². The van der Waals surface area contributed by atoms with Crippen LogP contribution in [-0.4, -0.2) is 35.8 Å². The molecule has 1 atom stereocenters. The lowest BCUT2D eigenvalue weighted by Gasteiger charge is -2.20. The molecule has 1 unspecified atom stereocenters. The fourth-order valence-corrected chi connectivity index (χ4v) is 3.35. The molecule has 0 aliphatic rings. The molecule has 0 aliphatic carbocycles. The Hall–Kier alpha value is -3.11. The first-order valence-electron chi connectivity index (χ1n) is 9.28. The van der Waals surface area contributed by atoms with Crippen LogP contribution in [0.15, 0.2) is 59.7 Å². The Balaban J connectivity index is 2.12. The van der Waals surface area contributed by atoms with E-state index in [1.807, 2.05) is 6.07 Å². The van der Waals surface area contributed by atoms with E-state index in [-0.39, 0.29) is 16.7 Å². The van der Waals surface area contributed by atoms with Gasteiger partial charge in [0.25, 0.3) is 5.91 Å². The highest BCUT2D eigenvalue weighted by atomic mass is 35.5. The largest absolute Gasteiger partial charge is 0.858 e. The first kappa shape index (κ1) is 23.6. The Labute approximate surface area is 200 Å². The zero-order chi connectivity index (χ0) is 23.4. The van der Waals surface area contributed by atoms with E-state index in [9.17, 15) is 15.2 Å². The summed E-state index contributed by atoms with van der Waals surface area (Å²) in [5, 5.41) is 23.5. The normalized spacial score (nSPS) is 12.2. The molecule has 1 heterocycles. The molecular formula is C23H16Cl3N4O2-. The summed E-state index contributed by atoms with van der Waals surface area (Å²) < 4.78 is 0. The summed E-state index contributed by atoms with van der Waals surface area (Å²) in [5.74, 6) is -0.980. The topological polar surface area (TPSA) is 92.4 Å². The van der Waals surface area contributed by atoms with Crippen molar-refractivity contribution in [3.8, 4) is 6.07 Å². The van der Waals surface area contributed by atoms with Gasteiger partial charge in [0, 0.05) is 20.3 Å². The molecule has 0 bridgehead atoms. The van der Waals surface area contributed by atoms with Crippen molar-refractivity contribution in [2.45, 2.75) is 6.04 Å². The van der Waals surface area contributed by atoms with Crippen LogP contribution in [0.1, 0.15) is 38.8 Å². The minimum absolute atomic E-state index is 0.120. The molecule has 1 aromatic heterocycles. The van der Waals surface area contributed by atoms with Gasteiger partial charge < -0.3 is 10.0 Å². The quantitative estimate of drug-likeness (QED) is 0.392. The molecule has 6 nitrogen and oxygen atoms in total. The van der Waals surface area contributed by atoms with E-state index >= 15 is 0 Å². The Morgan fingerprint density at radius 1 is 1.09 bits per heavy atom. The summed E-state index contributed by atoms with van der Waals surface area (Å²) in [7, 11) is 3.13. The summed E-state index contributed by atoms with van der Waals surface area (Å²) in [5.41, 5.74) is 1.52. The molecule has 0 aliphatic heterocycles. The number of rotatable bonds is 5. The highest BCUT2D eigenvalue weighted by Gasteiger charge is 2.18. The minimum atomic E-state index is -0.793. The van der Waals surface area contributed by atoms with E-state index in [1.54, 1.807) is 44.4 Å². The van der Waals surface area contributed by atoms with Crippen molar-refractivity contribution in [2.24, 2.45) is 4.99 Å². The van der Waals surface area contributed by atoms with Crippen molar-refractivity contribution < 1.29 is 9.90 Å². The van der Waals surface area contributed by atoms with Gasteiger partial charge in [-0.25, -0.2) is 0 Å². The van der Waals surface area contributed by atoms with E-state index in [2.05, 4.69) is 9.98 Å². The maximum Gasteiger partial charge on any atom is 0.254 e. The molecule has 2 aromatic carbocycles. The number of carbonyl (C=O) groups is 1. The van der Waals surface area contributed by atoms with Crippen LogP contribution in [0.3, 0.4) is 0 Å². The number of pyridine rings is 1. The third-order valence-corrected chi connectivity index (χ3v) is 5.52. The summed E-state index contributed by atoms with van der Waals surface area (Å²) >= 11 is 18.2. The molecule has 0 saturated heterocycles. The number of carbonyl (C=O) groups excluding carboxylic acids is 1. The SMILES string of the molecule is CN(C)C(=O)c1cc(C([O-])=NC(c2ccc(Cl)c(Cl)c2)c2ccc(Cl)cn2)ccc1C#N. The highest BCUT2D eigenvalue weighted by molar-refractivity contribution is 6.42. The molecule has 0 N–H and O–H groups in total. The highest BCUT2D eigenvalue weighted by Crippen LogP contribution is 2.31. The Bertz CT molecular complexity index is 1230. The molecule has 0 spiro atoms. The molecule has 32 heavy (non-hydrogen) atoms. The summed E-state index contributed by atoms with van der Waals surface area (Å²) in [6.45, 7) is 0. The Morgan fingerprint density at radius 2 is 1.84 bits per heavy atom. The van der Waals surface area contributed by atoms with Gasteiger partial charge in [-0.1, -0.05) is 46.9 Å². The number of halogens is 3. The van der Waals surface area contributed by atoms with Gasteiger partial charge in [0.2, 0.25) is 0 Å². The fourth-order valence-electron chi connectivity index (χ4n) is 2.93. The zero-order valence-corrected chi connectivity index (χ0v) is 19.3. The lowest BCUT2D eigenvalue weighted by atomic mass is 10.0. The number of hydrogen-bond acceptors (Lipinski definition) is 5. The van der Waals surface area contributed by atoms with Gasteiger partial charge in [0.15, 0.2) is 0 Å². The second-order valence-corrected chi connectivity index (χ2v) is 8.23. The van der Waals surface area contributed by atoms with Crippen LogP contribution in [0.4, 0.5) is 0 Å². The number of hydrogen-bond donors (Lipinski definition) is 0. The summed E-state index contributed by atoms with van der Waals surface area (Å²) in [4.78, 5) is 22.4. The zero-order valence-electron chi connectivity index (χ0n) is 17.0. The van der Waals surface area contributed by atoms with Crippen molar-refractivity contribution in [1.82, 2.24) is 9.88 Å². The first-order chi connectivity index (χ1) is 15.2. The smallest absolute Gasteiger partial charge is 0.254 e. The average molecular weight is 487 g/mol. The molecule has 162 valence electrons. The molecule has 3 aromatic rings. The van der Waals surface area contributed by atoms with Gasteiger partial charge in [-0.15, -0.1) is 0 Å². The number of aromatic nitrogens is 1. The van der Waals surface area contributed by atoms with Gasteiger partial charge >= 0.3 is 0 Å². The maximum atomic E-state index is 13.1. The van der Waals surface area contributed by atoms with Crippen LogP contribution in [0.25, 0.3) is 0 Å². The lowest BCUT2D eigenvalue weighted by Crippen LogP contribution is -2.25. The Morgan fingerprint density at radius 3 is 2.44 bits per heavy atom. The lowest BCUT2D eigenvalue weighted by molar-refractivity contribution is -0.213. The van der Waals surface area contributed by atoms with Crippen LogP contribution in [0, 0.1) is 11.3 Å². The van der Waals surface area contributed by atoms with E-state index in [4.69, 9.17) is 34.8 Å². The number of nitriles is 1. The monoisotopic (exact) mass is 485 g/mol.